The highest BCUT2D eigenvalue weighted by Crippen LogP contribution is 2.18. The van der Waals surface area contributed by atoms with Gasteiger partial charge in [-0.2, -0.15) is 0 Å². The van der Waals surface area contributed by atoms with Gasteiger partial charge in [0.05, 0.1) is 24.6 Å². The van der Waals surface area contributed by atoms with Gasteiger partial charge in [0, 0.05) is 12.5 Å². The Labute approximate surface area is 99.6 Å². The van der Waals surface area contributed by atoms with E-state index in [1.54, 1.807) is 6.20 Å². The van der Waals surface area contributed by atoms with Gasteiger partial charge in [-0.1, -0.05) is 18.5 Å². The molecule has 1 fully saturated rings. The van der Waals surface area contributed by atoms with Crippen LogP contribution in [0, 0.1) is 5.92 Å². The molecule has 1 amide bonds. The van der Waals surface area contributed by atoms with Gasteiger partial charge < -0.3 is 4.90 Å². The Balaban J connectivity index is 2.03. The Morgan fingerprint density at radius 2 is 2.31 bits per heavy atom. The molecule has 0 radical (unpaired) electrons. The van der Waals surface area contributed by atoms with E-state index in [9.17, 15) is 4.79 Å². The molecule has 1 saturated heterocycles. The summed E-state index contributed by atoms with van der Waals surface area (Å²) in [7, 11) is 0. The van der Waals surface area contributed by atoms with Gasteiger partial charge in [0.15, 0.2) is 0 Å². The van der Waals surface area contributed by atoms with Crippen LogP contribution in [0.25, 0.3) is 0 Å². The quantitative estimate of drug-likeness (QED) is 0.792. The van der Waals surface area contributed by atoms with Crippen LogP contribution in [0.1, 0.15) is 25.5 Å². The van der Waals surface area contributed by atoms with Crippen LogP contribution in [-0.2, 0) is 11.3 Å². The summed E-state index contributed by atoms with van der Waals surface area (Å²) in [4.78, 5) is 21.8. The molecule has 1 aromatic heterocycles. The lowest BCUT2D eigenvalue weighted by atomic mass is 9.99. The third kappa shape index (κ3) is 2.50. The summed E-state index contributed by atoms with van der Waals surface area (Å²) < 4.78 is 0. The van der Waals surface area contributed by atoms with Crippen molar-refractivity contribution in [1.82, 2.24) is 14.9 Å². The second kappa shape index (κ2) is 4.78. The van der Waals surface area contributed by atoms with E-state index in [1.165, 1.54) is 6.20 Å². The lowest BCUT2D eigenvalue weighted by molar-refractivity contribution is -0.138. The third-order valence-corrected chi connectivity index (χ3v) is 3.02. The van der Waals surface area contributed by atoms with Gasteiger partial charge in [-0.3, -0.25) is 9.78 Å². The number of carbonyl (C=O) groups excluding carboxylic acids is 1. The number of aromatic nitrogens is 2. The van der Waals surface area contributed by atoms with Crippen LogP contribution in [0.5, 0.6) is 0 Å². The van der Waals surface area contributed by atoms with Crippen molar-refractivity contribution >= 4 is 17.5 Å². The van der Waals surface area contributed by atoms with E-state index in [-0.39, 0.29) is 11.8 Å². The number of hydrogen-bond acceptors (Lipinski definition) is 3. The van der Waals surface area contributed by atoms with E-state index < -0.39 is 0 Å². The Kier molecular flexibility index (Phi) is 3.39. The van der Waals surface area contributed by atoms with E-state index in [1.807, 2.05) is 11.8 Å². The van der Waals surface area contributed by atoms with Crippen molar-refractivity contribution in [3.8, 4) is 0 Å². The van der Waals surface area contributed by atoms with Crippen molar-refractivity contribution in [1.29, 1.82) is 0 Å². The molecular formula is C11H14ClN3O. The zero-order valence-corrected chi connectivity index (χ0v) is 9.94. The van der Waals surface area contributed by atoms with Crippen LogP contribution in [0.4, 0.5) is 0 Å². The zero-order chi connectivity index (χ0) is 11.5. The van der Waals surface area contributed by atoms with E-state index in [2.05, 4.69) is 9.97 Å². The van der Waals surface area contributed by atoms with Crippen molar-refractivity contribution in [2.24, 2.45) is 5.92 Å². The Morgan fingerprint density at radius 3 is 3.00 bits per heavy atom. The van der Waals surface area contributed by atoms with Crippen LogP contribution >= 0.6 is 11.6 Å². The van der Waals surface area contributed by atoms with E-state index in [0.717, 1.165) is 25.1 Å². The molecule has 1 aliphatic rings. The Morgan fingerprint density at radius 1 is 1.50 bits per heavy atom. The molecule has 0 aromatic carbocycles. The van der Waals surface area contributed by atoms with E-state index in [0.29, 0.717) is 11.7 Å². The molecule has 0 aliphatic carbocycles. The summed E-state index contributed by atoms with van der Waals surface area (Å²) in [6, 6.07) is 0. The molecule has 0 bridgehead atoms. The minimum atomic E-state index is 0.133. The number of likely N-dealkylation sites (tertiary alicyclic amines) is 1. The first kappa shape index (κ1) is 11.3. The lowest BCUT2D eigenvalue weighted by Crippen LogP contribution is -2.39. The molecule has 86 valence electrons. The average molecular weight is 240 g/mol. The van der Waals surface area contributed by atoms with Crippen LogP contribution in [-0.4, -0.2) is 27.3 Å². The maximum absolute atomic E-state index is 11.8. The van der Waals surface area contributed by atoms with Crippen LogP contribution in [0.15, 0.2) is 12.4 Å². The van der Waals surface area contributed by atoms with E-state index in [4.69, 9.17) is 11.6 Å². The first-order valence-corrected chi connectivity index (χ1v) is 5.80. The highest BCUT2D eigenvalue weighted by molar-refractivity contribution is 6.29. The molecule has 0 saturated carbocycles. The van der Waals surface area contributed by atoms with Gasteiger partial charge in [0.25, 0.3) is 0 Å². The summed E-state index contributed by atoms with van der Waals surface area (Å²) in [5, 5.41) is 0.377. The van der Waals surface area contributed by atoms with Gasteiger partial charge in [0.2, 0.25) is 5.91 Å². The van der Waals surface area contributed by atoms with Crippen molar-refractivity contribution in [2.75, 3.05) is 6.54 Å². The fourth-order valence-electron chi connectivity index (χ4n) is 1.91. The SMILES string of the molecule is CC1CCCN(Cc2cnc(Cl)cn2)C1=O. The highest BCUT2D eigenvalue weighted by Gasteiger charge is 2.25. The molecular weight excluding hydrogens is 226 g/mol. The molecule has 1 aliphatic heterocycles. The predicted molar refractivity (Wildman–Crippen MR) is 60.9 cm³/mol. The summed E-state index contributed by atoms with van der Waals surface area (Å²) >= 11 is 5.65. The highest BCUT2D eigenvalue weighted by atomic mass is 35.5. The van der Waals surface area contributed by atoms with Crippen molar-refractivity contribution < 1.29 is 4.79 Å². The molecule has 0 N–H and O–H groups in total. The third-order valence-electron chi connectivity index (χ3n) is 2.83. The average Bonchev–Trinajstić information content (AvgIpc) is 2.28. The smallest absolute Gasteiger partial charge is 0.225 e. The molecule has 2 heterocycles. The number of hydrogen-bond donors (Lipinski definition) is 0. The number of halogens is 1. The molecule has 5 heteroatoms. The number of carbonyl (C=O) groups is 1. The molecule has 0 spiro atoms. The molecule has 1 unspecified atom stereocenters. The summed E-state index contributed by atoms with van der Waals surface area (Å²) in [5.41, 5.74) is 0.784. The molecule has 1 atom stereocenters. The topological polar surface area (TPSA) is 46.1 Å². The Bertz CT molecular complexity index is 379. The fourth-order valence-corrected chi connectivity index (χ4v) is 2.00. The van der Waals surface area contributed by atoms with Crippen LogP contribution < -0.4 is 0 Å². The van der Waals surface area contributed by atoms with Crippen LogP contribution in [0.2, 0.25) is 5.15 Å². The summed E-state index contributed by atoms with van der Waals surface area (Å²) in [6.07, 6.45) is 5.18. The number of piperidine rings is 1. The van der Waals surface area contributed by atoms with Gasteiger partial charge in [-0.25, -0.2) is 4.98 Å². The van der Waals surface area contributed by atoms with Crippen molar-refractivity contribution in [3.05, 3.63) is 23.2 Å². The molecule has 4 nitrogen and oxygen atoms in total. The normalized spacial score (nSPS) is 21.2. The summed E-state index contributed by atoms with van der Waals surface area (Å²) in [5.74, 6) is 0.344. The number of amides is 1. The van der Waals surface area contributed by atoms with Crippen molar-refractivity contribution in [2.45, 2.75) is 26.3 Å². The largest absolute Gasteiger partial charge is 0.337 e. The lowest BCUT2D eigenvalue weighted by Gasteiger charge is -2.30. The first-order chi connectivity index (χ1) is 7.66. The predicted octanol–water partition coefficient (Wildman–Crippen LogP) is 1.89. The minimum absolute atomic E-state index is 0.133. The van der Waals surface area contributed by atoms with Gasteiger partial charge >= 0.3 is 0 Å². The van der Waals surface area contributed by atoms with Gasteiger partial charge in [-0.15, -0.1) is 0 Å². The van der Waals surface area contributed by atoms with Crippen molar-refractivity contribution in [3.63, 3.8) is 0 Å². The maximum Gasteiger partial charge on any atom is 0.225 e. The van der Waals surface area contributed by atoms with Crippen LogP contribution in [0.3, 0.4) is 0 Å². The molecule has 16 heavy (non-hydrogen) atoms. The van der Waals surface area contributed by atoms with E-state index >= 15 is 0 Å². The monoisotopic (exact) mass is 239 g/mol. The number of nitrogens with zero attached hydrogens (tertiary/aromatic N) is 3. The standard InChI is InChI=1S/C11H14ClN3O/c1-8-3-2-4-15(11(8)16)7-9-5-14-10(12)6-13-9/h5-6,8H,2-4,7H2,1H3. The fraction of sp³-hybridized carbons (Fsp3) is 0.545. The second-order valence-corrected chi connectivity index (χ2v) is 4.52. The van der Waals surface area contributed by atoms with Gasteiger partial charge in [0.1, 0.15) is 5.15 Å². The zero-order valence-electron chi connectivity index (χ0n) is 9.19. The minimum Gasteiger partial charge on any atom is -0.337 e. The number of rotatable bonds is 2. The maximum atomic E-state index is 11.8. The second-order valence-electron chi connectivity index (χ2n) is 4.13. The molecule has 1 aromatic rings. The first-order valence-electron chi connectivity index (χ1n) is 5.42. The van der Waals surface area contributed by atoms with Gasteiger partial charge in [-0.05, 0) is 12.8 Å². The summed E-state index contributed by atoms with van der Waals surface area (Å²) in [6.45, 7) is 3.32. The molecule has 2 rings (SSSR count). The Hall–Kier alpha value is -1.16.